The lowest BCUT2D eigenvalue weighted by atomic mass is 10.1. The molecule has 0 aliphatic rings. The Morgan fingerprint density at radius 3 is 2.74 bits per heavy atom. The molecule has 4 rings (SSSR count). The standard InChI is InChI=1S/C22H23N3OS/c1-16-13-20(17(2)25(16)14-19-9-6-12-26-19)21-15-27-22(24-21)23-11-10-18-7-4-3-5-8-18/h3-9,12-13,15H,10-11,14H2,1-2H3,(H,23,24). The molecule has 1 aromatic carbocycles. The summed E-state index contributed by atoms with van der Waals surface area (Å²) in [5, 5.41) is 6.54. The summed E-state index contributed by atoms with van der Waals surface area (Å²) < 4.78 is 7.78. The molecule has 0 fully saturated rings. The molecule has 3 heterocycles. The molecular formula is C22H23N3OS. The second-order valence-electron chi connectivity index (χ2n) is 6.65. The van der Waals surface area contributed by atoms with Crippen LogP contribution in [0.4, 0.5) is 5.13 Å². The zero-order chi connectivity index (χ0) is 18.6. The quantitative estimate of drug-likeness (QED) is 0.461. The summed E-state index contributed by atoms with van der Waals surface area (Å²) in [6.45, 7) is 5.91. The van der Waals surface area contributed by atoms with Gasteiger partial charge in [-0.15, -0.1) is 11.3 Å². The van der Waals surface area contributed by atoms with Crippen molar-refractivity contribution in [3.8, 4) is 11.3 Å². The molecule has 0 aliphatic heterocycles. The second-order valence-corrected chi connectivity index (χ2v) is 7.51. The van der Waals surface area contributed by atoms with Gasteiger partial charge in [0.1, 0.15) is 5.76 Å². The number of anilines is 1. The van der Waals surface area contributed by atoms with Crippen LogP contribution < -0.4 is 5.32 Å². The molecule has 0 saturated carbocycles. The average molecular weight is 378 g/mol. The Kier molecular flexibility index (Phi) is 5.12. The number of nitrogens with one attached hydrogen (secondary N) is 1. The van der Waals surface area contributed by atoms with Crippen LogP contribution >= 0.6 is 11.3 Å². The van der Waals surface area contributed by atoms with Gasteiger partial charge in [0.25, 0.3) is 0 Å². The number of aromatic nitrogens is 2. The zero-order valence-corrected chi connectivity index (χ0v) is 16.4. The average Bonchev–Trinajstić information content (AvgIpc) is 3.41. The summed E-state index contributed by atoms with van der Waals surface area (Å²) in [4.78, 5) is 4.79. The van der Waals surface area contributed by atoms with Crippen LogP contribution in [-0.4, -0.2) is 16.1 Å². The molecule has 0 saturated heterocycles. The van der Waals surface area contributed by atoms with E-state index < -0.39 is 0 Å². The van der Waals surface area contributed by atoms with Crippen molar-refractivity contribution in [3.05, 3.63) is 82.9 Å². The molecule has 3 aromatic heterocycles. The van der Waals surface area contributed by atoms with E-state index in [1.54, 1.807) is 17.6 Å². The van der Waals surface area contributed by atoms with Gasteiger partial charge in [0.2, 0.25) is 0 Å². The Labute approximate surface area is 163 Å². The maximum atomic E-state index is 5.50. The molecule has 5 heteroatoms. The number of hydrogen-bond donors (Lipinski definition) is 1. The van der Waals surface area contributed by atoms with Crippen LogP contribution in [-0.2, 0) is 13.0 Å². The van der Waals surface area contributed by atoms with E-state index in [0.29, 0.717) is 0 Å². The van der Waals surface area contributed by atoms with Crippen LogP contribution in [0.25, 0.3) is 11.3 Å². The van der Waals surface area contributed by atoms with Gasteiger partial charge < -0.3 is 14.3 Å². The van der Waals surface area contributed by atoms with Crippen LogP contribution in [0.2, 0.25) is 0 Å². The van der Waals surface area contributed by atoms with E-state index in [0.717, 1.165) is 36.1 Å². The maximum absolute atomic E-state index is 5.50. The first-order valence-corrected chi connectivity index (χ1v) is 10.0. The Morgan fingerprint density at radius 2 is 1.96 bits per heavy atom. The second kappa shape index (κ2) is 7.84. The summed E-state index contributed by atoms with van der Waals surface area (Å²) >= 11 is 1.66. The van der Waals surface area contributed by atoms with E-state index >= 15 is 0 Å². The number of benzene rings is 1. The minimum atomic E-state index is 0.747. The van der Waals surface area contributed by atoms with Crippen molar-refractivity contribution in [1.29, 1.82) is 0 Å². The largest absolute Gasteiger partial charge is 0.467 e. The summed E-state index contributed by atoms with van der Waals surface area (Å²) in [6.07, 6.45) is 2.71. The maximum Gasteiger partial charge on any atom is 0.183 e. The highest BCUT2D eigenvalue weighted by Gasteiger charge is 2.14. The predicted molar refractivity (Wildman–Crippen MR) is 111 cm³/mol. The molecule has 0 bridgehead atoms. The molecule has 138 valence electrons. The van der Waals surface area contributed by atoms with Gasteiger partial charge in [-0.25, -0.2) is 4.98 Å². The molecule has 4 nitrogen and oxygen atoms in total. The number of thiazole rings is 1. The van der Waals surface area contributed by atoms with E-state index in [-0.39, 0.29) is 0 Å². The van der Waals surface area contributed by atoms with Gasteiger partial charge in [0.05, 0.1) is 18.5 Å². The van der Waals surface area contributed by atoms with Gasteiger partial charge in [-0.2, -0.15) is 0 Å². The van der Waals surface area contributed by atoms with Crippen molar-refractivity contribution < 1.29 is 4.42 Å². The fourth-order valence-electron chi connectivity index (χ4n) is 3.30. The minimum absolute atomic E-state index is 0.747. The van der Waals surface area contributed by atoms with Gasteiger partial charge in [-0.1, -0.05) is 30.3 Å². The van der Waals surface area contributed by atoms with Crippen molar-refractivity contribution >= 4 is 16.5 Å². The fourth-order valence-corrected chi connectivity index (χ4v) is 4.04. The molecule has 0 amide bonds. The first-order valence-electron chi connectivity index (χ1n) is 9.13. The van der Waals surface area contributed by atoms with Crippen molar-refractivity contribution in [2.24, 2.45) is 0 Å². The minimum Gasteiger partial charge on any atom is -0.467 e. The number of furan rings is 1. The summed E-state index contributed by atoms with van der Waals surface area (Å²) in [7, 11) is 0. The van der Waals surface area contributed by atoms with Crippen molar-refractivity contribution in [1.82, 2.24) is 9.55 Å². The first-order chi connectivity index (χ1) is 13.2. The van der Waals surface area contributed by atoms with Crippen LogP contribution in [0.1, 0.15) is 22.7 Å². The molecule has 0 unspecified atom stereocenters. The fraction of sp³-hybridized carbons (Fsp3) is 0.227. The van der Waals surface area contributed by atoms with Crippen LogP contribution in [0.3, 0.4) is 0 Å². The number of hydrogen-bond acceptors (Lipinski definition) is 4. The molecule has 27 heavy (non-hydrogen) atoms. The Morgan fingerprint density at radius 1 is 1.11 bits per heavy atom. The van der Waals surface area contributed by atoms with E-state index in [1.165, 1.54) is 22.5 Å². The lowest BCUT2D eigenvalue weighted by Crippen LogP contribution is -2.04. The van der Waals surface area contributed by atoms with Gasteiger partial charge in [-0.05, 0) is 44.0 Å². The summed E-state index contributed by atoms with van der Waals surface area (Å²) in [6, 6.07) is 16.7. The highest BCUT2D eigenvalue weighted by Crippen LogP contribution is 2.30. The monoisotopic (exact) mass is 377 g/mol. The molecule has 0 aliphatic carbocycles. The van der Waals surface area contributed by atoms with Gasteiger partial charge in [0, 0.05) is 28.9 Å². The van der Waals surface area contributed by atoms with Crippen LogP contribution in [0, 0.1) is 13.8 Å². The Hall–Kier alpha value is -2.79. The van der Waals surface area contributed by atoms with E-state index in [9.17, 15) is 0 Å². The number of aryl methyl sites for hydroxylation is 1. The van der Waals surface area contributed by atoms with Gasteiger partial charge in [0.15, 0.2) is 5.13 Å². The number of nitrogens with zero attached hydrogens (tertiary/aromatic N) is 2. The topological polar surface area (TPSA) is 43.0 Å². The van der Waals surface area contributed by atoms with E-state index in [1.807, 2.05) is 18.2 Å². The Bertz CT molecular complexity index is 1000. The van der Waals surface area contributed by atoms with Crippen molar-refractivity contribution in [2.45, 2.75) is 26.8 Å². The highest BCUT2D eigenvalue weighted by molar-refractivity contribution is 7.14. The van der Waals surface area contributed by atoms with E-state index in [2.05, 4.69) is 59.4 Å². The van der Waals surface area contributed by atoms with Crippen molar-refractivity contribution in [3.63, 3.8) is 0 Å². The third kappa shape index (κ3) is 3.98. The van der Waals surface area contributed by atoms with E-state index in [4.69, 9.17) is 9.40 Å². The first kappa shape index (κ1) is 17.6. The van der Waals surface area contributed by atoms with Crippen molar-refractivity contribution in [2.75, 3.05) is 11.9 Å². The summed E-state index contributed by atoms with van der Waals surface area (Å²) in [5.74, 6) is 0.963. The lowest BCUT2D eigenvalue weighted by molar-refractivity contribution is 0.489. The summed E-state index contributed by atoms with van der Waals surface area (Å²) in [5.41, 5.74) is 5.98. The van der Waals surface area contributed by atoms with Gasteiger partial charge in [-0.3, -0.25) is 0 Å². The lowest BCUT2D eigenvalue weighted by Gasteiger charge is -2.07. The zero-order valence-electron chi connectivity index (χ0n) is 15.6. The number of rotatable bonds is 7. The highest BCUT2D eigenvalue weighted by atomic mass is 32.1. The van der Waals surface area contributed by atoms with Crippen LogP contribution in [0.15, 0.2) is 64.6 Å². The molecule has 4 aromatic rings. The third-order valence-corrected chi connectivity index (χ3v) is 5.58. The third-order valence-electron chi connectivity index (χ3n) is 4.78. The molecule has 1 N–H and O–H groups in total. The smallest absolute Gasteiger partial charge is 0.183 e. The van der Waals surface area contributed by atoms with Crippen LogP contribution in [0.5, 0.6) is 0 Å². The predicted octanol–water partition coefficient (Wildman–Crippen LogP) is 5.52. The molecule has 0 spiro atoms. The normalized spacial score (nSPS) is 11.0. The molecular weight excluding hydrogens is 354 g/mol. The molecule has 0 radical (unpaired) electrons. The Balaban J connectivity index is 1.45. The molecule has 0 atom stereocenters. The SMILES string of the molecule is Cc1cc(-c2csc(NCCc3ccccc3)n2)c(C)n1Cc1ccco1. The van der Waals surface area contributed by atoms with Gasteiger partial charge >= 0.3 is 0 Å².